The average molecular weight is 402 g/mol. The minimum atomic E-state index is -0.113. The third-order valence-electron chi connectivity index (χ3n) is 4.71. The highest BCUT2D eigenvalue weighted by Crippen LogP contribution is 2.23. The summed E-state index contributed by atoms with van der Waals surface area (Å²) >= 11 is 0. The van der Waals surface area contributed by atoms with Gasteiger partial charge in [-0.25, -0.2) is 4.68 Å². The first-order valence-electron chi connectivity index (χ1n) is 9.82. The lowest BCUT2D eigenvalue weighted by Gasteiger charge is -2.13. The molecule has 30 heavy (non-hydrogen) atoms. The molecule has 7 heteroatoms. The minimum absolute atomic E-state index is 0.113. The number of carbonyl (C=O) groups excluding carboxylic acids is 1. The first-order chi connectivity index (χ1) is 14.6. The van der Waals surface area contributed by atoms with Crippen LogP contribution < -0.4 is 10.2 Å². The van der Waals surface area contributed by atoms with Crippen molar-refractivity contribution in [3.05, 3.63) is 84.3 Å². The van der Waals surface area contributed by atoms with Crippen molar-refractivity contribution in [1.82, 2.24) is 14.9 Å². The highest BCUT2D eigenvalue weighted by Gasteiger charge is 2.18. The van der Waals surface area contributed by atoms with Crippen LogP contribution in [0, 0.1) is 6.92 Å². The second-order valence-electron chi connectivity index (χ2n) is 7.33. The van der Waals surface area contributed by atoms with E-state index >= 15 is 0 Å². The number of nitrogens with one attached hydrogen (secondary N) is 2. The standard InChI is InChI=1S/C23H23N5O2/c1-17-13-21(26-30-17)24-22(29)16-27(2)14-19-15-28(20-11-7-4-8-12-20)25-23(19)18-9-5-3-6-10-18/h3-13,15H,14,16H2,1-2H3,(H,24,26,29)/p+1. The Bertz CT molecular complexity index is 1120. The fourth-order valence-electron chi connectivity index (χ4n) is 3.37. The third-order valence-corrected chi connectivity index (χ3v) is 4.71. The number of hydrogen-bond donors (Lipinski definition) is 2. The molecule has 0 fully saturated rings. The van der Waals surface area contributed by atoms with Crippen LogP contribution in [-0.4, -0.2) is 34.4 Å². The number of likely N-dealkylation sites (N-methyl/N-ethyl adjacent to an activating group) is 1. The number of nitrogens with zero attached hydrogens (tertiary/aromatic N) is 3. The maximum absolute atomic E-state index is 12.4. The molecule has 152 valence electrons. The molecule has 4 rings (SSSR count). The average Bonchev–Trinajstić information content (AvgIpc) is 3.35. The SMILES string of the molecule is Cc1cc(NC(=O)C[NH+](C)Cc2cn(-c3ccccc3)nc2-c2ccccc2)no1. The highest BCUT2D eigenvalue weighted by molar-refractivity contribution is 5.90. The number of aryl methyl sites for hydroxylation is 1. The van der Waals surface area contributed by atoms with E-state index in [1.807, 2.05) is 66.5 Å². The lowest BCUT2D eigenvalue weighted by atomic mass is 10.1. The maximum Gasteiger partial charge on any atom is 0.280 e. The van der Waals surface area contributed by atoms with Crippen molar-refractivity contribution >= 4 is 11.7 Å². The number of aromatic nitrogens is 3. The Morgan fingerprint density at radius 2 is 1.80 bits per heavy atom. The Morgan fingerprint density at radius 1 is 1.10 bits per heavy atom. The van der Waals surface area contributed by atoms with E-state index in [0.717, 1.165) is 27.4 Å². The number of amides is 1. The number of quaternary nitrogens is 1. The number of anilines is 1. The monoisotopic (exact) mass is 402 g/mol. The molecule has 0 aliphatic carbocycles. The zero-order valence-electron chi connectivity index (χ0n) is 17.0. The van der Waals surface area contributed by atoms with Gasteiger partial charge < -0.3 is 14.7 Å². The van der Waals surface area contributed by atoms with E-state index < -0.39 is 0 Å². The molecule has 0 aliphatic rings. The second-order valence-corrected chi connectivity index (χ2v) is 7.33. The van der Waals surface area contributed by atoms with Gasteiger partial charge in [-0.2, -0.15) is 5.10 Å². The summed E-state index contributed by atoms with van der Waals surface area (Å²) in [5.41, 5.74) is 4.05. The van der Waals surface area contributed by atoms with E-state index in [9.17, 15) is 4.79 Å². The molecule has 4 aromatic rings. The molecule has 0 aliphatic heterocycles. The van der Waals surface area contributed by atoms with Crippen molar-refractivity contribution < 1.29 is 14.2 Å². The molecule has 0 radical (unpaired) electrons. The summed E-state index contributed by atoms with van der Waals surface area (Å²) in [5.74, 6) is 0.983. The molecule has 1 amide bonds. The van der Waals surface area contributed by atoms with Crippen LogP contribution in [0.5, 0.6) is 0 Å². The Morgan fingerprint density at radius 3 is 2.47 bits per heavy atom. The molecule has 0 saturated heterocycles. The normalized spacial score (nSPS) is 11.9. The summed E-state index contributed by atoms with van der Waals surface area (Å²) in [7, 11) is 1.99. The maximum atomic E-state index is 12.4. The summed E-state index contributed by atoms with van der Waals surface area (Å²) in [6, 6.07) is 21.8. The molecular weight excluding hydrogens is 378 g/mol. The van der Waals surface area contributed by atoms with E-state index in [-0.39, 0.29) is 5.91 Å². The summed E-state index contributed by atoms with van der Waals surface area (Å²) in [4.78, 5) is 13.4. The number of rotatable bonds is 7. The predicted octanol–water partition coefficient (Wildman–Crippen LogP) is 2.49. The zero-order valence-corrected chi connectivity index (χ0v) is 17.0. The molecule has 2 heterocycles. The molecule has 2 aromatic carbocycles. The number of para-hydroxylation sites is 1. The van der Waals surface area contributed by atoms with Gasteiger partial charge in [0.25, 0.3) is 5.91 Å². The van der Waals surface area contributed by atoms with Crippen LogP contribution in [0.2, 0.25) is 0 Å². The van der Waals surface area contributed by atoms with Gasteiger partial charge in [-0.1, -0.05) is 53.7 Å². The van der Waals surface area contributed by atoms with Crippen molar-refractivity contribution in [3.8, 4) is 16.9 Å². The van der Waals surface area contributed by atoms with Crippen LogP contribution in [0.15, 0.2) is 77.4 Å². The van der Waals surface area contributed by atoms with E-state index in [2.05, 4.69) is 22.6 Å². The predicted molar refractivity (Wildman–Crippen MR) is 114 cm³/mol. The molecule has 7 nitrogen and oxygen atoms in total. The number of hydrogen-bond acceptors (Lipinski definition) is 4. The van der Waals surface area contributed by atoms with Crippen LogP contribution in [0.1, 0.15) is 11.3 Å². The largest absolute Gasteiger partial charge is 0.360 e. The fourth-order valence-corrected chi connectivity index (χ4v) is 3.37. The molecule has 1 unspecified atom stereocenters. The lowest BCUT2D eigenvalue weighted by Crippen LogP contribution is -3.08. The van der Waals surface area contributed by atoms with Crippen LogP contribution in [-0.2, 0) is 11.3 Å². The van der Waals surface area contributed by atoms with Crippen LogP contribution in [0.3, 0.4) is 0 Å². The molecule has 0 bridgehead atoms. The van der Waals surface area contributed by atoms with Gasteiger partial charge in [-0.15, -0.1) is 0 Å². The van der Waals surface area contributed by atoms with E-state index in [1.165, 1.54) is 0 Å². The topological polar surface area (TPSA) is 77.4 Å². The molecule has 0 saturated carbocycles. The smallest absolute Gasteiger partial charge is 0.280 e. The first-order valence-corrected chi connectivity index (χ1v) is 9.82. The summed E-state index contributed by atoms with van der Waals surface area (Å²) in [6.07, 6.45) is 2.04. The van der Waals surface area contributed by atoms with Gasteiger partial charge in [0.1, 0.15) is 18.0 Å². The second kappa shape index (κ2) is 8.75. The van der Waals surface area contributed by atoms with Gasteiger partial charge in [-0.05, 0) is 19.1 Å². The third kappa shape index (κ3) is 4.64. The Balaban J connectivity index is 1.53. The van der Waals surface area contributed by atoms with Gasteiger partial charge in [0.15, 0.2) is 12.4 Å². The summed E-state index contributed by atoms with van der Waals surface area (Å²) in [6.45, 7) is 2.74. The van der Waals surface area contributed by atoms with Crippen molar-refractivity contribution in [3.63, 3.8) is 0 Å². The van der Waals surface area contributed by atoms with Gasteiger partial charge in [0.2, 0.25) is 0 Å². The number of benzene rings is 2. The molecular formula is C23H24N5O2+. The van der Waals surface area contributed by atoms with Gasteiger partial charge in [0, 0.05) is 17.8 Å². The van der Waals surface area contributed by atoms with Crippen molar-refractivity contribution in [2.45, 2.75) is 13.5 Å². The Labute approximate surface area is 174 Å². The van der Waals surface area contributed by atoms with Crippen molar-refractivity contribution in [2.75, 3.05) is 18.9 Å². The summed E-state index contributed by atoms with van der Waals surface area (Å²) in [5, 5.41) is 11.4. The Kier molecular flexibility index (Phi) is 5.72. The van der Waals surface area contributed by atoms with E-state index in [4.69, 9.17) is 9.62 Å². The Hall–Kier alpha value is -3.71. The highest BCUT2D eigenvalue weighted by atomic mass is 16.5. The van der Waals surface area contributed by atoms with Gasteiger partial charge >= 0.3 is 0 Å². The van der Waals surface area contributed by atoms with Gasteiger partial charge in [-0.3, -0.25) is 4.79 Å². The zero-order chi connectivity index (χ0) is 20.9. The van der Waals surface area contributed by atoms with Crippen LogP contribution in [0.25, 0.3) is 16.9 Å². The molecule has 2 N–H and O–H groups in total. The fraction of sp³-hybridized carbons (Fsp3) is 0.174. The quantitative estimate of drug-likeness (QED) is 0.498. The van der Waals surface area contributed by atoms with Crippen molar-refractivity contribution in [1.29, 1.82) is 0 Å². The first kappa shape index (κ1) is 19.6. The number of carbonyl (C=O) groups is 1. The van der Waals surface area contributed by atoms with E-state index in [0.29, 0.717) is 24.7 Å². The molecule has 0 spiro atoms. The lowest BCUT2D eigenvalue weighted by molar-refractivity contribution is -0.885. The molecule has 2 aromatic heterocycles. The molecule has 1 atom stereocenters. The van der Waals surface area contributed by atoms with Crippen LogP contribution in [0.4, 0.5) is 5.82 Å². The van der Waals surface area contributed by atoms with Gasteiger partial charge in [0.05, 0.1) is 18.3 Å². The minimum Gasteiger partial charge on any atom is -0.360 e. The summed E-state index contributed by atoms with van der Waals surface area (Å²) < 4.78 is 6.89. The van der Waals surface area contributed by atoms with Crippen molar-refractivity contribution in [2.24, 2.45) is 0 Å². The van der Waals surface area contributed by atoms with Crippen LogP contribution >= 0.6 is 0 Å². The van der Waals surface area contributed by atoms with E-state index in [1.54, 1.807) is 13.0 Å².